The molecule has 0 heterocycles. The second-order valence-corrected chi connectivity index (χ2v) is 4.94. The van der Waals surface area contributed by atoms with Crippen LogP contribution in [0.2, 0.25) is 0 Å². The van der Waals surface area contributed by atoms with Gasteiger partial charge in [-0.2, -0.15) is 0 Å². The van der Waals surface area contributed by atoms with Crippen LogP contribution < -0.4 is 5.32 Å². The Bertz CT molecular complexity index is 416. The molecule has 0 spiro atoms. The van der Waals surface area contributed by atoms with Crippen LogP contribution >= 0.6 is 11.6 Å². The molecule has 0 bridgehead atoms. The van der Waals surface area contributed by atoms with Crippen LogP contribution in [0.4, 0.5) is 0 Å². The number of rotatable bonds is 5. The van der Waals surface area contributed by atoms with E-state index in [1.54, 1.807) is 12.1 Å². The van der Waals surface area contributed by atoms with E-state index in [1.165, 1.54) is 0 Å². The van der Waals surface area contributed by atoms with Crippen molar-refractivity contribution in [2.24, 2.45) is 5.41 Å². The van der Waals surface area contributed by atoms with Gasteiger partial charge in [-0.1, -0.05) is 12.1 Å². The number of benzene rings is 1. The van der Waals surface area contributed by atoms with Crippen molar-refractivity contribution in [3.8, 4) is 0 Å². The Balaban J connectivity index is 1.95. The number of aliphatic hydroxyl groups is 1. The molecule has 1 saturated carbocycles. The summed E-state index contributed by atoms with van der Waals surface area (Å²) in [5.41, 5.74) is 1.50. The van der Waals surface area contributed by atoms with Crippen LogP contribution in [0.15, 0.2) is 24.3 Å². The normalized spacial score (nSPS) is 16.6. The van der Waals surface area contributed by atoms with Gasteiger partial charge in [0.25, 0.3) is 5.91 Å². The molecule has 1 aromatic rings. The standard InChI is InChI=1S/C13H16ClNO2/c14-7-10-2-1-3-11(6-10)12(17)15-8-13(9-16)4-5-13/h1-3,6,16H,4-5,7-9H2,(H,15,17). The summed E-state index contributed by atoms with van der Waals surface area (Å²) in [6.07, 6.45) is 1.98. The highest BCUT2D eigenvalue weighted by molar-refractivity contribution is 6.17. The van der Waals surface area contributed by atoms with E-state index < -0.39 is 0 Å². The number of alkyl halides is 1. The van der Waals surface area contributed by atoms with Crippen molar-refractivity contribution in [2.75, 3.05) is 13.2 Å². The van der Waals surface area contributed by atoms with E-state index in [9.17, 15) is 4.79 Å². The molecule has 0 aromatic heterocycles. The molecule has 92 valence electrons. The second kappa shape index (κ2) is 5.07. The molecular weight excluding hydrogens is 238 g/mol. The highest BCUT2D eigenvalue weighted by Crippen LogP contribution is 2.44. The summed E-state index contributed by atoms with van der Waals surface area (Å²) in [6.45, 7) is 0.697. The average Bonchev–Trinajstić information content (AvgIpc) is 3.17. The van der Waals surface area contributed by atoms with Gasteiger partial charge in [0.1, 0.15) is 0 Å². The van der Waals surface area contributed by atoms with Crippen LogP contribution in [0.3, 0.4) is 0 Å². The molecule has 3 nitrogen and oxygen atoms in total. The fourth-order valence-electron chi connectivity index (χ4n) is 1.73. The molecule has 0 aliphatic heterocycles. The zero-order valence-corrected chi connectivity index (χ0v) is 10.3. The SMILES string of the molecule is O=C(NCC1(CO)CC1)c1cccc(CCl)c1. The molecule has 0 radical (unpaired) electrons. The summed E-state index contributed by atoms with van der Waals surface area (Å²) >= 11 is 5.72. The second-order valence-electron chi connectivity index (χ2n) is 4.67. The molecule has 1 fully saturated rings. The van der Waals surface area contributed by atoms with Gasteiger partial charge in [0, 0.05) is 23.4 Å². The lowest BCUT2D eigenvalue weighted by molar-refractivity contribution is 0.0935. The molecule has 1 aliphatic rings. The molecule has 0 atom stereocenters. The Labute approximate surface area is 106 Å². The monoisotopic (exact) mass is 253 g/mol. The van der Waals surface area contributed by atoms with E-state index in [2.05, 4.69) is 5.32 Å². The van der Waals surface area contributed by atoms with Crippen LogP contribution in [-0.4, -0.2) is 24.2 Å². The summed E-state index contributed by atoms with van der Waals surface area (Å²) in [5, 5.41) is 12.0. The third-order valence-electron chi connectivity index (χ3n) is 3.26. The molecular formula is C13H16ClNO2. The van der Waals surface area contributed by atoms with Crippen LogP contribution in [0.25, 0.3) is 0 Å². The fraction of sp³-hybridized carbons (Fsp3) is 0.462. The number of carbonyl (C=O) groups excluding carboxylic acids is 1. The molecule has 0 saturated heterocycles. The first-order chi connectivity index (χ1) is 8.19. The van der Waals surface area contributed by atoms with E-state index in [4.69, 9.17) is 16.7 Å². The van der Waals surface area contributed by atoms with Gasteiger partial charge >= 0.3 is 0 Å². The lowest BCUT2D eigenvalue weighted by atomic mass is 10.1. The first-order valence-electron chi connectivity index (χ1n) is 5.73. The van der Waals surface area contributed by atoms with Gasteiger partial charge in [-0.05, 0) is 30.5 Å². The van der Waals surface area contributed by atoms with Gasteiger partial charge < -0.3 is 10.4 Å². The Hall–Kier alpha value is -1.06. The van der Waals surface area contributed by atoms with Crippen molar-refractivity contribution in [2.45, 2.75) is 18.7 Å². The highest BCUT2D eigenvalue weighted by atomic mass is 35.5. The quantitative estimate of drug-likeness (QED) is 0.788. The van der Waals surface area contributed by atoms with E-state index in [-0.39, 0.29) is 17.9 Å². The smallest absolute Gasteiger partial charge is 0.251 e. The maximum Gasteiger partial charge on any atom is 0.251 e. The number of carbonyl (C=O) groups is 1. The minimum Gasteiger partial charge on any atom is -0.396 e. The Morgan fingerprint density at radius 1 is 1.47 bits per heavy atom. The number of nitrogens with one attached hydrogen (secondary N) is 1. The number of hydrogen-bond donors (Lipinski definition) is 2. The summed E-state index contributed by atoms with van der Waals surface area (Å²) in [7, 11) is 0. The molecule has 0 unspecified atom stereocenters. The van der Waals surface area contributed by atoms with E-state index in [1.807, 2.05) is 12.1 Å². The zero-order valence-electron chi connectivity index (χ0n) is 9.58. The van der Waals surface area contributed by atoms with Gasteiger partial charge in [0.05, 0.1) is 6.61 Å². The van der Waals surface area contributed by atoms with E-state index in [0.29, 0.717) is 18.0 Å². The maximum absolute atomic E-state index is 11.9. The molecule has 1 aromatic carbocycles. The van der Waals surface area contributed by atoms with Crippen LogP contribution in [0, 0.1) is 5.41 Å². The predicted molar refractivity (Wildman–Crippen MR) is 67.1 cm³/mol. The summed E-state index contributed by atoms with van der Waals surface area (Å²) in [5.74, 6) is 0.304. The lowest BCUT2D eigenvalue weighted by Crippen LogP contribution is -2.31. The Morgan fingerprint density at radius 2 is 2.24 bits per heavy atom. The average molecular weight is 254 g/mol. The predicted octanol–water partition coefficient (Wildman–Crippen LogP) is 1.93. The van der Waals surface area contributed by atoms with E-state index >= 15 is 0 Å². The largest absolute Gasteiger partial charge is 0.396 e. The minimum absolute atomic E-state index is 0.0558. The van der Waals surface area contributed by atoms with Crippen LogP contribution in [0.1, 0.15) is 28.8 Å². The fourth-order valence-corrected chi connectivity index (χ4v) is 1.90. The zero-order chi connectivity index (χ0) is 12.3. The van der Waals surface area contributed by atoms with Gasteiger partial charge in [0.2, 0.25) is 0 Å². The van der Waals surface area contributed by atoms with Gasteiger partial charge in [-0.25, -0.2) is 0 Å². The Kier molecular flexibility index (Phi) is 3.69. The summed E-state index contributed by atoms with van der Waals surface area (Å²) in [4.78, 5) is 11.9. The van der Waals surface area contributed by atoms with E-state index in [0.717, 1.165) is 18.4 Å². The van der Waals surface area contributed by atoms with Crippen LogP contribution in [-0.2, 0) is 5.88 Å². The summed E-state index contributed by atoms with van der Waals surface area (Å²) < 4.78 is 0. The molecule has 1 aliphatic carbocycles. The Morgan fingerprint density at radius 3 is 2.82 bits per heavy atom. The minimum atomic E-state index is -0.100. The molecule has 2 N–H and O–H groups in total. The maximum atomic E-state index is 11.9. The van der Waals surface area contributed by atoms with Crippen molar-refractivity contribution in [3.05, 3.63) is 35.4 Å². The topological polar surface area (TPSA) is 49.3 Å². The first kappa shape index (κ1) is 12.4. The number of halogens is 1. The van der Waals surface area contributed by atoms with Crippen molar-refractivity contribution in [1.82, 2.24) is 5.32 Å². The molecule has 4 heteroatoms. The van der Waals surface area contributed by atoms with Gasteiger partial charge in [0.15, 0.2) is 0 Å². The number of aliphatic hydroxyl groups excluding tert-OH is 1. The van der Waals surface area contributed by atoms with Crippen molar-refractivity contribution >= 4 is 17.5 Å². The van der Waals surface area contributed by atoms with Gasteiger partial charge in [-0.15, -0.1) is 11.6 Å². The molecule has 2 rings (SSSR count). The van der Waals surface area contributed by atoms with Crippen LogP contribution in [0.5, 0.6) is 0 Å². The summed E-state index contributed by atoms with van der Waals surface area (Å²) in [6, 6.07) is 7.27. The van der Waals surface area contributed by atoms with Crippen molar-refractivity contribution < 1.29 is 9.90 Å². The van der Waals surface area contributed by atoms with Crippen molar-refractivity contribution in [1.29, 1.82) is 0 Å². The van der Waals surface area contributed by atoms with Crippen molar-refractivity contribution in [3.63, 3.8) is 0 Å². The molecule has 1 amide bonds. The molecule has 17 heavy (non-hydrogen) atoms. The highest BCUT2D eigenvalue weighted by Gasteiger charge is 2.42. The lowest BCUT2D eigenvalue weighted by Gasteiger charge is -2.12. The first-order valence-corrected chi connectivity index (χ1v) is 6.26. The number of hydrogen-bond acceptors (Lipinski definition) is 2. The third-order valence-corrected chi connectivity index (χ3v) is 3.57. The van der Waals surface area contributed by atoms with Gasteiger partial charge in [-0.3, -0.25) is 4.79 Å². The number of amides is 1. The third kappa shape index (κ3) is 2.99.